The number of hydrogen-bond acceptors (Lipinski definition) is 5. The van der Waals surface area contributed by atoms with Gasteiger partial charge in [-0.1, -0.05) is 17.3 Å². The van der Waals surface area contributed by atoms with Gasteiger partial charge >= 0.3 is 0 Å². The monoisotopic (exact) mass is 162 g/mol. The van der Waals surface area contributed by atoms with E-state index < -0.39 is 0 Å². The van der Waals surface area contributed by atoms with Crippen LogP contribution in [0.2, 0.25) is 0 Å². The van der Waals surface area contributed by atoms with Gasteiger partial charge in [-0.25, -0.2) is 0 Å². The summed E-state index contributed by atoms with van der Waals surface area (Å²) >= 11 is 0. The molecule has 1 aromatic rings. The fourth-order valence-electron chi connectivity index (χ4n) is 0.884. The van der Waals surface area contributed by atoms with Gasteiger partial charge in [-0.3, -0.25) is 0 Å². The van der Waals surface area contributed by atoms with E-state index in [0.29, 0.717) is 0 Å². The van der Waals surface area contributed by atoms with E-state index >= 15 is 0 Å². The number of benzene rings is 1. The van der Waals surface area contributed by atoms with Gasteiger partial charge in [0.1, 0.15) is 0 Å². The minimum absolute atomic E-state index is 0.836. The molecule has 0 atom stereocenters. The predicted molar refractivity (Wildman–Crippen MR) is 43.2 cm³/mol. The quantitative estimate of drug-likeness (QED) is 0.408. The first-order valence-electron chi connectivity index (χ1n) is 3.39. The molecule has 0 aliphatic carbocycles. The van der Waals surface area contributed by atoms with Crippen molar-refractivity contribution in [2.24, 2.45) is 15.6 Å². The second-order valence-electron chi connectivity index (χ2n) is 2.30. The normalized spacial score (nSPS) is 14.2. The van der Waals surface area contributed by atoms with Crippen LogP contribution in [0.15, 0.2) is 39.9 Å². The van der Waals surface area contributed by atoms with Crippen LogP contribution < -0.4 is 5.12 Å². The third-order valence-corrected chi connectivity index (χ3v) is 1.51. The standard InChI is InChI=1S/C7H6N4O/c12-8-5-6-1-3-7(4-2-6)11-9-10-11/h1-5,12H/b8-5-. The van der Waals surface area contributed by atoms with Gasteiger partial charge in [0.25, 0.3) is 0 Å². The van der Waals surface area contributed by atoms with Crippen LogP contribution >= 0.6 is 0 Å². The molecule has 1 heterocycles. The van der Waals surface area contributed by atoms with E-state index in [9.17, 15) is 0 Å². The molecule has 0 bridgehead atoms. The van der Waals surface area contributed by atoms with E-state index in [1.807, 2.05) is 24.3 Å². The molecule has 60 valence electrons. The van der Waals surface area contributed by atoms with Gasteiger partial charge in [-0.05, 0) is 28.1 Å². The third kappa shape index (κ3) is 1.24. The molecule has 5 heteroatoms. The lowest BCUT2D eigenvalue weighted by Crippen LogP contribution is -1.89. The Morgan fingerprint density at radius 3 is 2.42 bits per heavy atom. The fraction of sp³-hybridized carbons (Fsp3) is 0. The summed E-state index contributed by atoms with van der Waals surface area (Å²) in [5, 5.41) is 19.9. The van der Waals surface area contributed by atoms with E-state index in [0.717, 1.165) is 11.3 Å². The zero-order valence-electron chi connectivity index (χ0n) is 6.12. The first kappa shape index (κ1) is 6.78. The number of rotatable bonds is 2. The van der Waals surface area contributed by atoms with E-state index in [-0.39, 0.29) is 0 Å². The average molecular weight is 162 g/mol. The molecule has 0 radical (unpaired) electrons. The van der Waals surface area contributed by atoms with Gasteiger partial charge in [-0.15, -0.1) is 5.12 Å². The number of hydrogen-bond donors (Lipinski definition) is 1. The van der Waals surface area contributed by atoms with Crippen molar-refractivity contribution in [3.8, 4) is 0 Å². The Morgan fingerprint density at radius 2 is 1.92 bits per heavy atom. The zero-order chi connectivity index (χ0) is 8.39. The molecule has 0 spiro atoms. The van der Waals surface area contributed by atoms with Crippen molar-refractivity contribution < 1.29 is 5.21 Å². The SMILES string of the molecule is O/N=C\c1ccc(N2N=N2)cc1. The van der Waals surface area contributed by atoms with Crippen molar-refractivity contribution in [3.63, 3.8) is 0 Å². The molecule has 5 nitrogen and oxygen atoms in total. The van der Waals surface area contributed by atoms with Crippen LogP contribution in [0.4, 0.5) is 5.69 Å². The minimum Gasteiger partial charge on any atom is -0.411 e. The van der Waals surface area contributed by atoms with Crippen LogP contribution in [-0.2, 0) is 0 Å². The molecule has 0 unspecified atom stereocenters. The Bertz CT molecular complexity index is 324. The fourth-order valence-corrected chi connectivity index (χ4v) is 0.884. The lowest BCUT2D eigenvalue weighted by molar-refractivity contribution is 0.322. The molecule has 1 aliphatic heterocycles. The summed E-state index contributed by atoms with van der Waals surface area (Å²) in [6.07, 6.45) is 1.36. The Morgan fingerprint density at radius 1 is 1.25 bits per heavy atom. The van der Waals surface area contributed by atoms with Crippen molar-refractivity contribution in [2.45, 2.75) is 0 Å². The summed E-state index contributed by atoms with van der Waals surface area (Å²) in [4.78, 5) is 0. The Kier molecular flexibility index (Phi) is 1.48. The van der Waals surface area contributed by atoms with Crippen molar-refractivity contribution in [1.29, 1.82) is 0 Å². The van der Waals surface area contributed by atoms with Gasteiger partial charge < -0.3 is 5.21 Å². The van der Waals surface area contributed by atoms with E-state index in [1.165, 1.54) is 11.3 Å². The Hall–Kier alpha value is -1.91. The highest BCUT2D eigenvalue weighted by Crippen LogP contribution is 2.22. The Balaban J connectivity index is 2.18. The van der Waals surface area contributed by atoms with Crippen LogP contribution in [0.25, 0.3) is 0 Å². The number of nitrogens with zero attached hydrogens (tertiary/aromatic N) is 4. The van der Waals surface area contributed by atoms with Crippen LogP contribution in [0.5, 0.6) is 0 Å². The summed E-state index contributed by atoms with van der Waals surface area (Å²) < 4.78 is 0. The van der Waals surface area contributed by atoms with Crippen LogP contribution in [0.3, 0.4) is 0 Å². The van der Waals surface area contributed by atoms with Crippen molar-refractivity contribution >= 4 is 11.9 Å². The molecule has 2 rings (SSSR count). The number of anilines is 1. The van der Waals surface area contributed by atoms with Crippen molar-refractivity contribution in [2.75, 3.05) is 5.12 Å². The summed E-state index contributed by atoms with van der Waals surface area (Å²) in [7, 11) is 0. The molecule has 1 aliphatic rings. The molecule has 0 fully saturated rings. The van der Waals surface area contributed by atoms with E-state index in [1.54, 1.807) is 0 Å². The highest BCUT2D eigenvalue weighted by Gasteiger charge is 2.12. The first-order valence-corrected chi connectivity index (χ1v) is 3.39. The van der Waals surface area contributed by atoms with Crippen molar-refractivity contribution in [3.05, 3.63) is 29.8 Å². The van der Waals surface area contributed by atoms with Crippen molar-refractivity contribution in [1.82, 2.24) is 0 Å². The maximum Gasteiger partial charge on any atom is 0.0893 e. The zero-order valence-corrected chi connectivity index (χ0v) is 6.12. The van der Waals surface area contributed by atoms with E-state index in [4.69, 9.17) is 5.21 Å². The highest BCUT2D eigenvalue weighted by molar-refractivity contribution is 5.79. The maximum absolute atomic E-state index is 8.23. The van der Waals surface area contributed by atoms with E-state index in [2.05, 4.69) is 15.6 Å². The molecule has 0 aromatic heterocycles. The summed E-state index contributed by atoms with van der Waals surface area (Å²) in [6, 6.07) is 7.32. The molecule has 1 N–H and O–H groups in total. The van der Waals surface area contributed by atoms with Gasteiger partial charge in [-0.2, -0.15) is 0 Å². The third-order valence-electron chi connectivity index (χ3n) is 1.51. The predicted octanol–water partition coefficient (Wildman–Crippen LogP) is 1.60. The molecule has 0 saturated carbocycles. The summed E-state index contributed by atoms with van der Waals surface area (Å²) in [6.45, 7) is 0. The first-order chi connectivity index (χ1) is 5.90. The molecular weight excluding hydrogens is 156 g/mol. The lowest BCUT2D eigenvalue weighted by atomic mass is 10.2. The second kappa shape index (κ2) is 2.61. The maximum atomic E-state index is 8.23. The topological polar surface area (TPSA) is 60.3 Å². The molecular formula is C7H6N4O. The van der Waals surface area contributed by atoms with Gasteiger partial charge in [0.05, 0.1) is 11.9 Å². The molecule has 0 amide bonds. The van der Waals surface area contributed by atoms with Gasteiger partial charge in [0.2, 0.25) is 0 Å². The number of oxime groups is 1. The lowest BCUT2D eigenvalue weighted by Gasteiger charge is -1.95. The summed E-state index contributed by atoms with van der Waals surface area (Å²) in [5.41, 5.74) is 1.74. The minimum atomic E-state index is 0.836. The van der Waals surface area contributed by atoms with Crippen LogP contribution in [0.1, 0.15) is 5.56 Å². The van der Waals surface area contributed by atoms with Crippen LogP contribution in [-0.4, -0.2) is 11.4 Å². The largest absolute Gasteiger partial charge is 0.411 e. The Labute approximate surface area is 68.6 Å². The van der Waals surface area contributed by atoms with Gasteiger partial charge in [0.15, 0.2) is 0 Å². The van der Waals surface area contributed by atoms with Gasteiger partial charge in [0, 0.05) is 0 Å². The molecule has 12 heavy (non-hydrogen) atoms. The molecule has 0 saturated heterocycles. The van der Waals surface area contributed by atoms with Crippen LogP contribution in [0, 0.1) is 0 Å². The highest BCUT2D eigenvalue weighted by atomic mass is 16.4. The molecule has 1 aromatic carbocycles. The average Bonchev–Trinajstić information content (AvgIpc) is 2.89. The summed E-state index contributed by atoms with van der Waals surface area (Å²) in [5.74, 6) is 0. The second-order valence-corrected chi connectivity index (χ2v) is 2.30. The smallest absolute Gasteiger partial charge is 0.0893 e.